The summed E-state index contributed by atoms with van der Waals surface area (Å²) in [5.41, 5.74) is 3.51. The molecule has 6 heterocycles. The van der Waals surface area contributed by atoms with E-state index in [4.69, 9.17) is 9.47 Å². The molecule has 0 aliphatic carbocycles. The zero-order valence-corrected chi connectivity index (χ0v) is 35.9. The van der Waals surface area contributed by atoms with Gasteiger partial charge in [0.25, 0.3) is 0 Å². The molecule has 10 heteroatoms. The molecule has 0 aromatic heterocycles. The Morgan fingerprint density at radius 3 is 0.983 bits per heavy atom. The number of nitrogens with one attached hydrogen (secondary N) is 4. The number of carbonyl (C=O) groups excluding carboxylic acids is 2. The Morgan fingerprint density at radius 1 is 0.467 bits per heavy atom. The quantitative estimate of drug-likeness (QED) is 0.162. The molecule has 2 amide bonds. The molecule has 10 rings (SSSR count). The van der Waals surface area contributed by atoms with Gasteiger partial charge >= 0.3 is 12.2 Å². The predicted octanol–water partition coefficient (Wildman–Crippen LogP) is 9.06. The van der Waals surface area contributed by atoms with Crippen molar-refractivity contribution in [3.8, 4) is 0 Å². The van der Waals surface area contributed by atoms with Crippen LogP contribution < -0.4 is 21.3 Å². The molecule has 6 saturated heterocycles. The smallest absolute Gasteiger partial charge is 0.410 e. The highest BCUT2D eigenvalue weighted by molar-refractivity contribution is 5.71. The number of ether oxygens (including phenoxy) is 2. The first-order valence-corrected chi connectivity index (χ1v) is 22.1. The van der Waals surface area contributed by atoms with E-state index < -0.39 is 11.2 Å². The van der Waals surface area contributed by atoms with E-state index in [1.807, 2.05) is 51.3 Å². The van der Waals surface area contributed by atoms with Gasteiger partial charge < -0.3 is 9.47 Å². The molecule has 6 aliphatic rings. The molecule has 8 atom stereocenters. The van der Waals surface area contributed by atoms with E-state index in [-0.39, 0.29) is 71.8 Å². The van der Waals surface area contributed by atoms with Crippen molar-refractivity contribution < 1.29 is 19.1 Å². The average molecular weight is 811 g/mol. The maximum atomic E-state index is 13.0. The molecule has 4 aromatic carbocycles. The first-order chi connectivity index (χ1) is 28.7. The average Bonchev–Trinajstić information content (AvgIpc) is 4.09. The van der Waals surface area contributed by atoms with E-state index in [0.717, 1.165) is 38.5 Å². The number of hydrogen-bond donors (Lipinski definition) is 4. The zero-order valence-electron chi connectivity index (χ0n) is 35.9. The molecule has 2 spiro atoms. The highest BCUT2D eigenvalue weighted by Gasteiger charge is 2.64. The van der Waals surface area contributed by atoms with Gasteiger partial charge in [0.1, 0.15) is 11.2 Å². The van der Waals surface area contributed by atoms with Crippen molar-refractivity contribution in [2.75, 3.05) is 0 Å². The van der Waals surface area contributed by atoms with Gasteiger partial charge in [0.05, 0.1) is 47.6 Å². The Morgan fingerprint density at radius 2 is 0.733 bits per heavy atom. The standard InChI is InChI=1S/2C25H31N3O2/c2*1-24(2,3)30-23(29)28-19-14-15-20(28)25(16-19)26-21(17-10-6-4-7-11-17)22(27-25)18-12-8-5-9-13-18/h2*4-13,19-22,26-27H,14-16H2,1-3H3/t2*19?,20?,21-,22-/m11/s1. The van der Waals surface area contributed by atoms with E-state index >= 15 is 0 Å². The minimum atomic E-state index is -0.484. The largest absolute Gasteiger partial charge is 0.444 e. The molecular weight excluding hydrogens is 749 g/mol. The van der Waals surface area contributed by atoms with Gasteiger partial charge in [-0.1, -0.05) is 121 Å². The Bertz CT molecular complexity index is 1880. The van der Waals surface area contributed by atoms with Gasteiger partial charge in [-0.05, 0) is 89.5 Å². The maximum Gasteiger partial charge on any atom is 0.410 e. The van der Waals surface area contributed by atoms with Gasteiger partial charge in [-0.25, -0.2) is 9.59 Å². The number of benzene rings is 4. The lowest BCUT2D eigenvalue weighted by Gasteiger charge is -2.35. The van der Waals surface area contributed by atoms with Crippen LogP contribution >= 0.6 is 0 Å². The Balaban J connectivity index is 0.000000154. The second-order valence-electron chi connectivity index (χ2n) is 19.8. The summed E-state index contributed by atoms with van der Waals surface area (Å²) < 4.78 is 11.5. The lowest BCUT2D eigenvalue weighted by Crippen LogP contribution is -2.59. The molecule has 4 bridgehead atoms. The van der Waals surface area contributed by atoms with E-state index in [1.165, 1.54) is 22.3 Å². The summed E-state index contributed by atoms with van der Waals surface area (Å²) in [7, 11) is 0. The van der Waals surface area contributed by atoms with Crippen molar-refractivity contribution >= 4 is 12.2 Å². The van der Waals surface area contributed by atoms with Crippen molar-refractivity contribution in [3.05, 3.63) is 144 Å². The van der Waals surface area contributed by atoms with Crippen LogP contribution in [-0.4, -0.2) is 68.7 Å². The van der Waals surface area contributed by atoms with Gasteiger partial charge in [0.2, 0.25) is 0 Å². The molecular formula is C50H62N6O4. The summed E-state index contributed by atoms with van der Waals surface area (Å²) in [5.74, 6) is 0. The van der Waals surface area contributed by atoms with Crippen LogP contribution in [0.15, 0.2) is 121 Å². The summed E-state index contributed by atoms with van der Waals surface area (Å²) in [6, 6.07) is 43.7. The van der Waals surface area contributed by atoms with Crippen LogP contribution in [0.3, 0.4) is 0 Å². The molecule has 6 fully saturated rings. The number of carbonyl (C=O) groups is 2. The molecule has 4 aromatic rings. The number of nitrogens with zero attached hydrogens (tertiary/aromatic N) is 2. The zero-order chi connectivity index (χ0) is 41.9. The van der Waals surface area contributed by atoms with Crippen molar-refractivity contribution in [2.45, 2.75) is 151 Å². The third kappa shape index (κ3) is 7.72. The molecule has 316 valence electrons. The van der Waals surface area contributed by atoms with Crippen LogP contribution in [0.5, 0.6) is 0 Å². The van der Waals surface area contributed by atoms with E-state index in [2.05, 4.69) is 143 Å². The lowest BCUT2D eigenvalue weighted by molar-refractivity contribution is 0.0177. The second-order valence-corrected chi connectivity index (χ2v) is 19.8. The van der Waals surface area contributed by atoms with Gasteiger partial charge in [-0.15, -0.1) is 0 Å². The van der Waals surface area contributed by atoms with E-state index in [9.17, 15) is 9.59 Å². The third-order valence-electron chi connectivity index (χ3n) is 13.4. The van der Waals surface area contributed by atoms with Crippen LogP contribution in [0, 0.1) is 0 Å². The minimum Gasteiger partial charge on any atom is -0.444 e. The maximum absolute atomic E-state index is 13.0. The number of hydrogen-bond acceptors (Lipinski definition) is 8. The van der Waals surface area contributed by atoms with Gasteiger partial charge in [-0.3, -0.25) is 31.1 Å². The summed E-state index contributed by atoms with van der Waals surface area (Å²) >= 11 is 0. The summed E-state index contributed by atoms with van der Waals surface area (Å²) in [6.45, 7) is 11.6. The minimum absolute atomic E-state index is 0.0947. The van der Waals surface area contributed by atoms with Crippen LogP contribution in [-0.2, 0) is 9.47 Å². The van der Waals surface area contributed by atoms with Gasteiger partial charge in [-0.2, -0.15) is 0 Å². The van der Waals surface area contributed by atoms with Gasteiger partial charge in [0.15, 0.2) is 0 Å². The first kappa shape index (κ1) is 40.7. The lowest BCUT2D eigenvalue weighted by atomic mass is 9.89. The monoisotopic (exact) mass is 810 g/mol. The Labute approximate surface area is 355 Å². The van der Waals surface area contributed by atoms with Crippen molar-refractivity contribution in [2.24, 2.45) is 0 Å². The molecule has 0 radical (unpaired) electrons. The molecule has 10 nitrogen and oxygen atoms in total. The number of amides is 2. The fraction of sp³-hybridized carbons (Fsp3) is 0.480. The second kappa shape index (κ2) is 15.6. The fourth-order valence-electron chi connectivity index (χ4n) is 11.2. The molecule has 4 N–H and O–H groups in total. The van der Waals surface area contributed by atoms with E-state index in [0.29, 0.717) is 0 Å². The predicted molar refractivity (Wildman–Crippen MR) is 234 cm³/mol. The van der Waals surface area contributed by atoms with Crippen LogP contribution in [0.1, 0.15) is 126 Å². The summed E-state index contributed by atoms with van der Waals surface area (Å²) in [5, 5.41) is 15.8. The molecule has 0 saturated carbocycles. The third-order valence-corrected chi connectivity index (χ3v) is 13.4. The Kier molecular flexibility index (Phi) is 10.6. The van der Waals surface area contributed by atoms with Crippen molar-refractivity contribution in [3.63, 3.8) is 0 Å². The molecule has 4 unspecified atom stereocenters. The fourth-order valence-corrected chi connectivity index (χ4v) is 11.2. The molecule has 6 aliphatic heterocycles. The van der Waals surface area contributed by atoms with Gasteiger partial charge in [0, 0.05) is 24.9 Å². The SMILES string of the molecule is CC(C)(C)OC(=O)N1C2CCC1C1(C2)N[C@H](c2ccccc2)[C@@H](c2ccccc2)N1.CC(C)(C)OC(=O)N1C2CCC1C1(C2)N[C@H](c2ccccc2)[C@@H](c2ccccc2)N1. The van der Waals surface area contributed by atoms with Crippen LogP contribution in [0.4, 0.5) is 9.59 Å². The van der Waals surface area contributed by atoms with E-state index in [1.54, 1.807) is 0 Å². The highest BCUT2D eigenvalue weighted by Crippen LogP contribution is 2.52. The summed E-state index contributed by atoms with van der Waals surface area (Å²) in [6.07, 6.45) is 5.51. The number of rotatable bonds is 4. The number of fused-ring (bicyclic) bond motifs is 6. The Hall–Kier alpha value is -4.74. The summed E-state index contributed by atoms with van der Waals surface area (Å²) in [4.78, 5) is 30.0. The molecule has 60 heavy (non-hydrogen) atoms. The topological polar surface area (TPSA) is 107 Å². The van der Waals surface area contributed by atoms with Crippen molar-refractivity contribution in [1.82, 2.24) is 31.1 Å². The highest BCUT2D eigenvalue weighted by atomic mass is 16.6. The van der Waals surface area contributed by atoms with Crippen molar-refractivity contribution in [1.29, 1.82) is 0 Å². The van der Waals surface area contributed by atoms with Crippen LogP contribution in [0.25, 0.3) is 0 Å². The van der Waals surface area contributed by atoms with Crippen LogP contribution in [0.2, 0.25) is 0 Å². The first-order valence-electron chi connectivity index (χ1n) is 22.1. The normalized spacial score (nSPS) is 29.5.